The Hall–Kier alpha value is -3.33. The van der Waals surface area contributed by atoms with Crippen molar-refractivity contribution in [2.45, 2.75) is 13.0 Å². The Morgan fingerprint density at radius 3 is 2.88 bits per heavy atom. The minimum Gasteiger partial charge on any atom is -0.481 e. The van der Waals surface area contributed by atoms with Crippen LogP contribution in [0.4, 0.5) is 11.4 Å². The van der Waals surface area contributed by atoms with Crippen molar-refractivity contribution in [3.63, 3.8) is 0 Å². The molecule has 0 spiro atoms. The molecule has 0 aliphatic carbocycles. The van der Waals surface area contributed by atoms with E-state index >= 15 is 0 Å². The highest BCUT2D eigenvalue weighted by atomic mass is 16.5. The lowest BCUT2D eigenvalue weighted by molar-refractivity contribution is -0.126. The van der Waals surface area contributed by atoms with Gasteiger partial charge in [-0.3, -0.25) is 14.5 Å². The molecule has 0 bridgehead atoms. The van der Waals surface area contributed by atoms with E-state index in [0.29, 0.717) is 22.7 Å². The van der Waals surface area contributed by atoms with Gasteiger partial charge in [-0.2, -0.15) is 5.26 Å². The summed E-state index contributed by atoms with van der Waals surface area (Å²) >= 11 is 0. The van der Waals surface area contributed by atoms with Crippen LogP contribution in [0.1, 0.15) is 12.5 Å². The monoisotopic (exact) mass is 321 g/mol. The predicted octanol–water partition coefficient (Wildman–Crippen LogP) is 2.31. The Labute approximate surface area is 139 Å². The third-order valence-electron chi connectivity index (χ3n) is 3.66. The molecule has 6 nitrogen and oxygen atoms in total. The summed E-state index contributed by atoms with van der Waals surface area (Å²) in [6, 6.07) is 15.7. The molecule has 1 aliphatic heterocycles. The number of para-hydroxylation sites is 2. The van der Waals surface area contributed by atoms with E-state index in [0.717, 1.165) is 0 Å². The van der Waals surface area contributed by atoms with Crippen molar-refractivity contribution in [2.24, 2.45) is 0 Å². The maximum absolute atomic E-state index is 12.7. The lowest BCUT2D eigenvalue weighted by Crippen LogP contribution is -2.47. The van der Waals surface area contributed by atoms with Gasteiger partial charge in [-0.1, -0.05) is 18.2 Å². The standard InChI is InChI=1S/C18H15N3O3/c1-12(24-14-6-4-5-13(9-14)10-19)18(23)21-11-17(22)20-15-7-2-3-8-16(15)21/h2-9,12H,11H2,1H3,(H,20,22)/t12-/m1/s1. The van der Waals surface area contributed by atoms with E-state index in [1.54, 1.807) is 55.5 Å². The molecule has 0 radical (unpaired) electrons. The van der Waals surface area contributed by atoms with E-state index in [4.69, 9.17) is 10.00 Å². The number of hydrogen-bond donors (Lipinski definition) is 1. The molecule has 1 aliphatic rings. The number of fused-ring (bicyclic) bond motifs is 1. The second kappa shape index (κ2) is 6.42. The SMILES string of the molecule is C[C@@H](Oc1cccc(C#N)c1)C(=O)N1CC(=O)Nc2ccccc21. The fourth-order valence-electron chi connectivity index (χ4n) is 2.54. The third-order valence-corrected chi connectivity index (χ3v) is 3.66. The lowest BCUT2D eigenvalue weighted by Gasteiger charge is -2.31. The van der Waals surface area contributed by atoms with Gasteiger partial charge in [0.05, 0.1) is 23.0 Å². The van der Waals surface area contributed by atoms with Crippen molar-refractivity contribution in [2.75, 3.05) is 16.8 Å². The number of nitrogens with zero attached hydrogens (tertiary/aromatic N) is 2. The smallest absolute Gasteiger partial charge is 0.268 e. The summed E-state index contributed by atoms with van der Waals surface area (Å²) in [5.41, 5.74) is 1.69. The van der Waals surface area contributed by atoms with E-state index in [-0.39, 0.29) is 18.4 Å². The molecule has 120 valence electrons. The average Bonchev–Trinajstić information content (AvgIpc) is 2.60. The first-order chi connectivity index (χ1) is 11.6. The second-order valence-corrected chi connectivity index (χ2v) is 5.39. The van der Waals surface area contributed by atoms with Gasteiger partial charge in [0.15, 0.2) is 6.10 Å². The summed E-state index contributed by atoms with van der Waals surface area (Å²) in [6.07, 6.45) is -0.794. The van der Waals surface area contributed by atoms with E-state index < -0.39 is 6.10 Å². The number of rotatable bonds is 3. The predicted molar refractivity (Wildman–Crippen MR) is 88.7 cm³/mol. The summed E-state index contributed by atoms with van der Waals surface area (Å²) in [4.78, 5) is 26.0. The zero-order chi connectivity index (χ0) is 17.1. The Morgan fingerprint density at radius 2 is 2.08 bits per heavy atom. The number of anilines is 2. The maximum Gasteiger partial charge on any atom is 0.268 e. The highest BCUT2D eigenvalue weighted by molar-refractivity contribution is 6.10. The molecule has 0 fully saturated rings. The molecule has 3 rings (SSSR count). The number of hydrogen-bond acceptors (Lipinski definition) is 4. The van der Waals surface area contributed by atoms with Crippen LogP contribution >= 0.6 is 0 Å². The van der Waals surface area contributed by atoms with Gasteiger partial charge in [0, 0.05) is 0 Å². The van der Waals surface area contributed by atoms with Gasteiger partial charge in [0.2, 0.25) is 5.91 Å². The van der Waals surface area contributed by atoms with E-state index in [2.05, 4.69) is 5.32 Å². The van der Waals surface area contributed by atoms with Crippen molar-refractivity contribution in [3.05, 3.63) is 54.1 Å². The van der Waals surface area contributed by atoms with Gasteiger partial charge in [-0.25, -0.2) is 0 Å². The van der Waals surface area contributed by atoms with Crippen LogP contribution in [0.25, 0.3) is 0 Å². The molecule has 24 heavy (non-hydrogen) atoms. The summed E-state index contributed by atoms with van der Waals surface area (Å²) in [5, 5.41) is 11.7. The zero-order valence-corrected chi connectivity index (χ0v) is 13.0. The van der Waals surface area contributed by atoms with Gasteiger partial charge in [-0.15, -0.1) is 0 Å². The van der Waals surface area contributed by atoms with E-state index in [9.17, 15) is 9.59 Å². The van der Waals surface area contributed by atoms with Crippen LogP contribution in [0.2, 0.25) is 0 Å². The van der Waals surface area contributed by atoms with Crippen LogP contribution in [-0.2, 0) is 9.59 Å². The molecule has 0 unspecified atom stereocenters. The van der Waals surface area contributed by atoms with E-state index in [1.807, 2.05) is 6.07 Å². The molecule has 1 atom stereocenters. The summed E-state index contributed by atoms with van der Waals surface area (Å²) in [7, 11) is 0. The number of amides is 2. The summed E-state index contributed by atoms with van der Waals surface area (Å²) in [6.45, 7) is 1.57. The van der Waals surface area contributed by atoms with Crippen LogP contribution in [0.15, 0.2) is 48.5 Å². The van der Waals surface area contributed by atoms with Crippen LogP contribution in [-0.4, -0.2) is 24.5 Å². The minimum absolute atomic E-state index is 0.0538. The highest BCUT2D eigenvalue weighted by Gasteiger charge is 2.30. The van der Waals surface area contributed by atoms with Gasteiger partial charge >= 0.3 is 0 Å². The first-order valence-corrected chi connectivity index (χ1v) is 7.45. The Bertz CT molecular complexity index is 841. The fraction of sp³-hybridized carbons (Fsp3) is 0.167. The maximum atomic E-state index is 12.7. The van der Waals surface area contributed by atoms with Gasteiger partial charge in [-0.05, 0) is 37.3 Å². The molecule has 2 amide bonds. The summed E-state index contributed by atoms with van der Waals surface area (Å²) < 4.78 is 5.65. The van der Waals surface area contributed by atoms with Crippen molar-refractivity contribution < 1.29 is 14.3 Å². The van der Waals surface area contributed by atoms with Crippen molar-refractivity contribution >= 4 is 23.2 Å². The molecule has 1 heterocycles. The lowest BCUT2D eigenvalue weighted by atomic mass is 10.1. The molecule has 0 saturated heterocycles. The van der Waals surface area contributed by atoms with Crippen LogP contribution < -0.4 is 15.0 Å². The quantitative estimate of drug-likeness (QED) is 0.940. The number of ether oxygens (including phenoxy) is 1. The van der Waals surface area contributed by atoms with Gasteiger partial charge in [0.1, 0.15) is 12.3 Å². The zero-order valence-electron chi connectivity index (χ0n) is 13.0. The Balaban J connectivity index is 1.81. The third kappa shape index (κ3) is 3.06. The number of benzene rings is 2. The molecule has 2 aromatic rings. The van der Waals surface area contributed by atoms with Gasteiger partial charge < -0.3 is 10.1 Å². The molecule has 0 aromatic heterocycles. The molecule has 6 heteroatoms. The highest BCUT2D eigenvalue weighted by Crippen LogP contribution is 2.29. The number of nitrogens with one attached hydrogen (secondary N) is 1. The number of carbonyl (C=O) groups excluding carboxylic acids is 2. The Kier molecular flexibility index (Phi) is 4.17. The first-order valence-electron chi connectivity index (χ1n) is 7.45. The fourth-order valence-corrected chi connectivity index (χ4v) is 2.54. The van der Waals surface area contributed by atoms with Crippen molar-refractivity contribution in [1.82, 2.24) is 0 Å². The van der Waals surface area contributed by atoms with Crippen LogP contribution in [0.3, 0.4) is 0 Å². The molecule has 0 saturated carbocycles. The van der Waals surface area contributed by atoms with Crippen molar-refractivity contribution in [3.8, 4) is 11.8 Å². The van der Waals surface area contributed by atoms with Gasteiger partial charge in [0.25, 0.3) is 5.91 Å². The number of nitriles is 1. The molecular formula is C18H15N3O3. The van der Waals surface area contributed by atoms with Crippen LogP contribution in [0, 0.1) is 11.3 Å². The molecule has 1 N–H and O–H groups in total. The minimum atomic E-state index is -0.794. The van der Waals surface area contributed by atoms with Crippen LogP contribution in [0.5, 0.6) is 5.75 Å². The Morgan fingerprint density at radius 1 is 1.29 bits per heavy atom. The summed E-state index contributed by atoms with van der Waals surface area (Å²) in [5.74, 6) is -0.134. The van der Waals surface area contributed by atoms with E-state index in [1.165, 1.54) is 4.90 Å². The normalized spacial score (nSPS) is 14.2. The first kappa shape index (κ1) is 15.6. The average molecular weight is 321 g/mol. The molecular weight excluding hydrogens is 306 g/mol. The largest absolute Gasteiger partial charge is 0.481 e. The molecule has 2 aromatic carbocycles. The second-order valence-electron chi connectivity index (χ2n) is 5.39. The number of carbonyl (C=O) groups is 2. The van der Waals surface area contributed by atoms with Crippen molar-refractivity contribution in [1.29, 1.82) is 5.26 Å². The topological polar surface area (TPSA) is 82.4 Å².